The average molecular weight is 406 g/mol. The first-order valence-electron chi connectivity index (χ1n) is 8.12. The van der Waals surface area contributed by atoms with Crippen LogP contribution in [0.25, 0.3) is 6.08 Å². The molecular weight excluding hydrogens is 388 g/mol. The van der Waals surface area contributed by atoms with Crippen LogP contribution in [-0.2, 0) is 30.8 Å². The maximum absolute atomic E-state index is 12.5. The number of anilines is 1. The number of sulfonamides is 1. The summed E-state index contributed by atoms with van der Waals surface area (Å²) in [6, 6.07) is 7.94. The fourth-order valence-electron chi connectivity index (χ4n) is 2.95. The summed E-state index contributed by atoms with van der Waals surface area (Å²) in [7, 11) is -3.81. The van der Waals surface area contributed by atoms with E-state index in [4.69, 9.17) is 9.88 Å². The van der Waals surface area contributed by atoms with Crippen LogP contribution in [0.4, 0.5) is 5.69 Å². The minimum absolute atomic E-state index is 0.00731. The number of amides is 1. The molecule has 1 amide bonds. The minimum Gasteiger partial charge on any atom is -0.452 e. The molecule has 1 aliphatic rings. The number of primary sulfonamides is 1. The number of ether oxygens (including phenoxy) is 1. The Kier molecular flexibility index (Phi) is 5.45. The van der Waals surface area contributed by atoms with Crippen LogP contribution in [0.3, 0.4) is 0 Å². The molecule has 1 aliphatic heterocycles. The van der Waals surface area contributed by atoms with E-state index in [2.05, 4.69) is 0 Å². The quantitative estimate of drug-likeness (QED) is 0.603. The molecule has 1 aromatic heterocycles. The molecule has 142 valence electrons. The van der Waals surface area contributed by atoms with Gasteiger partial charge in [0.2, 0.25) is 10.0 Å². The highest BCUT2D eigenvalue weighted by atomic mass is 32.2. The van der Waals surface area contributed by atoms with Gasteiger partial charge in [-0.1, -0.05) is 6.07 Å². The molecule has 1 unspecified atom stereocenters. The molecule has 0 spiro atoms. The van der Waals surface area contributed by atoms with E-state index in [0.717, 1.165) is 4.88 Å². The first kappa shape index (κ1) is 19.3. The van der Waals surface area contributed by atoms with Gasteiger partial charge in [-0.05, 0) is 54.6 Å². The van der Waals surface area contributed by atoms with Gasteiger partial charge in [0.15, 0.2) is 6.61 Å². The number of carbonyl (C=O) groups excluding carboxylic acids is 2. The van der Waals surface area contributed by atoms with Crippen molar-refractivity contribution >= 4 is 45.0 Å². The van der Waals surface area contributed by atoms with Crippen molar-refractivity contribution in [2.75, 3.05) is 11.5 Å². The Hall–Kier alpha value is -2.49. The Bertz CT molecular complexity index is 997. The predicted molar refractivity (Wildman–Crippen MR) is 103 cm³/mol. The van der Waals surface area contributed by atoms with Gasteiger partial charge in [0.05, 0.1) is 4.90 Å². The first-order valence-corrected chi connectivity index (χ1v) is 10.5. The molecule has 0 fully saturated rings. The Balaban J connectivity index is 1.66. The summed E-state index contributed by atoms with van der Waals surface area (Å²) in [5, 5.41) is 7.04. The molecule has 9 heteroatoms. The van der Waals surface area contributed by atoms with E-state index < -0.39 is 22.6 Å². The topological polar surface area (TPSA) is 107 Å². The molecule has 2 N–H and O–H groups in total. The summed E-state index contributed by atoms with van der Waals surface area (Å²) in [6.45, 7) is 1.45. The van der Waals surface area contributed by atoms with Gasteiger partial charge in [-0.3, -0.25) is 4.79 Å². The third-order valence-corrected chi connectivity index (χ3v) is 5.88. The number of nitrogens with two attached hydrogens (primary N) is 1. The third-order valence-electron chi connectivity index (χ3n) is 4.13. The SMILES string of the molecule is CC1Cc2cc(S(N)(=O)=O)ccc2N1C(=O)COC(=O)/C=C/c1cccs1. The highest BCUT2D eigenvalue weighted by Gasteiger charge is 2.32. The second-order valence-electron chi connectivity index (χ2n) is 6.11. The summed E-state index contributed by atoms with van der Waals surface area (Å²) >= 11 is 1.48. The molecule has 0 saturated heterocycles. The van der Waals surface area contributed by atoms with Gasteiger partial charge in [-0.25, -0.2) is 18.4 Å². The minimum atomic E-state index is -3.81. The van der Waals surface area contributed by atoms with Gasteiger partial charge in [-0.2, -0.15) is 0 Å². The zero-order valence-electron chi connectivity index (χ0n) is 14.5. The number of hydrogen-bond acceptors (Lipinski definition) is 6. The van der Waals surface area contributed by atoms with Gasteiger partial charge in [0.25, 0.3) is 5.91 Å². The highest BCUT2D eigenvalue weighted by Crippen LogP contribution is 2.33. The van der Waals surface area contributed by atoms with E-state index in [1.54, 1.807) is 12.1 Å². The lowest BCUT2D eigenvalue weighted by atomic mass is 10.1. The second kappa shape index (κ2) is 7.63. The van der Waals surface area contributed by atoms with Gasteiger partial charge >= 0.3 is 5.97 Å². The van der Waals surface area contributed by atoms with Crippen LogP contribution in [0.1, 0.15) is 17.4 Å². The molecular formula is C18H18N2O5S2. The lowest BCUT2D eigenvalue weighted by Gasteiger charge is -2.22. The standard InChI is InChI=1S/C18H18N2O5S2/c1-12-9-13-10-15(27(19,23)24)5-6-16(13)20(12)17(21)11-25-18(22)7-4-14-3-2-8-26-14/h2-8,10,12H,9,11H2,1H3,(H2,19,23,24)/b7-4+. The van der Waals surface area contributed by atoms with Gasteiger partial charge in [0.1, 0.15) is 0 Å². The molecule has 3 rings (SSSR count). The van der Waals surface area contributed by atoms with Crippen molar-refractivity contribution in [3.05, 3.63) is 52.2 Å². The molecule has 1 atom stereocenters. The number of esters is 1. The average Bonchev–Trinajstić information content (AvgIpc) is 3.23. The third kappa shape index (κ3) is 4.44. The second-order valence-corrected chi connectivity index (χ2v) is 8.65. The van der Waals surface area contributed by atoms with Crippen molar-refractivity contribution < 1.29 is 22.7 Å². The largest absolute Gasteiger partial charge is 0.452 e. The number of rotatable bonds is 5. The first-order chi connectivity index (χ1) is 12.8. The van der Waals surface area contributed by atoms with Crippen molar-refractivity contribution in [3.8, 4) is 0 Å². The fraction of sp³-hybridized carbons (Fsp3) is 0.222. The van der Waals surface area contributed by atoms with Crippen LogP contribution in [-0.4, -0.2) is 32.9 Å². The Morgan fingerprint density at radius 1 is 1.37 bits per heavy atom. The van der Waals surface area contributed by atoms with Crippen LogP contribution in [0.15, 0.2) is 46.7 Å². The summed E-state index contributed by atoms with van der Waals surface area (Å²) in [5.74, 6) is -0.976. The maximum Gasteiger partial charge on any atom is 0.331 e. The van der Waals surface area contributed by atoms with Crippen LogP contribution in [0.5, 0.6) is 0 Å². The van der Waals surface area contributed by atoms with Gasteiger partial charge < -0.3 is 9.64 Å². The Labute approximate surface area is 161 Å². The smallest absolute Gasteiger partial charge is 0.331 e. The van der Waals surface area contributed by atoms with Crippen LogP contribution >= 0.6 is 11.3 Å². The maximum atomic E-state index is 12.5. The van der Waals surface area contributed by atoms with E-state index in [1.807, 2.05) is 24.4 Å². The van der Waals surface area contributed by atoms with Crippen molar-refractivity contribution in [1.82, 2.24) is 0 Å². The zero-order chi connectivity index (χ0) is 19.6. The van der Waals surface area contributed by atoms with E-state index in [9.17, 15) is 18.0 Å². The lowest BCUT2D eigenvalue weighted by molar-refractivity contribution is -0.143. The van der Waals surface area contributed by atoms with Crippen molar-refractivity contribution in [1.29, 1.82) is 0 Å². The molecule has 0 saturated carbocycles. The van der Waals surface area contributed by atoms with Gasteiger partial charge in [0, 0.05) is 22.7 Å². The molecule has 27 heavy (non-hydrogen) atoms. The van der Waals surface area contributed by atoms with Crippen LogP contribution in [0, 0.1) is 0 Å². The van der Waals surface area contributed by atoms with Crippen molar-refractivity contribution in [2.24, 2.45) is 5.14 Å². The molecule has 2 heterocycles. The van der Waals surface area contributed by atoms with E-state index in [1.165, 1.54) is 34.4 Å². The molecule has 7 nitrogen and oxygen atoms in total. The predicted octanol–water partition coefficient (Wildman–Crippen LogP) is 1.93. The Morgan fingerprint density at radius 2 is 2.15 bits per heavy atom. The van der Waals surface area contributed by atoms with E-state index >= 15 is 0 Å². The van der Waals surface area contributed by atoms with Crippen LogP contribution < -0.4 is 10.0 Å². The molecule has 1 aromatic carbocycles. The number of hydrogen-bond donors (Lipinski definition) is 1. The highest BCUT2D eigenvalue weighted by molar-refractivity contribution is 7.89. The van der Waals surface area contributed by atoms with Gasteiger partial charge in [-0.15, -0.1) is 11.3 Å². The van der Waals surface area contributed by atoms with Crippen LogP contribution in [0.2, 0.25) is 0 Å². The van der Waals surface area contributed by atoms with E-state index in [-0.39, 0.29) is 16.8 Å². The number of nitrogens with zero attached hydrogens (tertiary/aromatic N) is 1. The summed E-state index contributed by atoms with van der Waals surface area (Å²) in [5.41, 5.74) is 1.32. The summed E-state index contributed by atoms with van der Waals surface area (Å²) < 4.78 is 28.0. The van der Waals surface area contributed by atoms with Crippen molar-refractivity contribution in [2.45, 2.75) is 24.3 Å². The lowest BCUT2D eigenvalue weighted by Crippen LogP contribution is -2.38. The molecule has 0 bridgehead atoms. The fourth-order valence-corrected chi connectivity index (χ4v) is 4.13. The molecule has 0 aliphatic carbocycles. The molecule has 2 aromatic rings. The normalized spacial score (nSPS) is 16.5. The zero-order valence-corrected chi connectivity index (χ0v) is 16.1. The number of thiophene rings is 1. The monoisotopic (exact) mass is 406 g/mol. The number of carbonyl (C=O) groups is 2. The molecule has 0 radical (unpaired) electrons. The summed E-state index contributed by atoms with van der Waals surface area (Å²) in [4.78, 5) is 26.7. The number of fused-ring (bicyclic) bond motifs is 1. The Morgan fingerprint density at radius 3 is 2.81 bits per heavy atom. The number of benzene rings is 1. The van der Waals surface area contributed by atoms with E-state index in [0.29, 0.717) is 17.7 Å². The van der Waals surface area contributed by atoms with Crippen molar-refractivity contribution in [3.63, 3.8) is 0 Å². The summed E-state index contributed by atoms with van der Waals surface area (Å²) in [6.07, 6.45) is 3.40.